The second-order valence-corrected chi connectivity index (χ2v) is 12.8. The number of sulfonamides is 1. The van der Waals surface area contributed by atoms with Crippen LogP contribution in [0.5, 0.6) is 0 Å². The zero-order chi connectivity index (χ0) is 27.7. The van der Waals surface area contributed by atoms with E-state index in [1.165, 1.54) is 12.5 Å². The number of ether oxygens (including phenoxy) is 1. The smallest absolute Gasteiger partial charge is 0.317 e. The van der Waals surface area contributed by atoms with Crippen LogP contribution in [0.25, 0.3) is 0 Å². The van der Waals surface area contributed by atoms with Gasteiger partial charge in [0.1, 0.15) is 11.5 Å². The van der Waals surface area contributed by atoms with E-state index in [4.69, 9.17) is 4.74 Å². The summed E-state index contributed by atoms with van der Waals surface area (Å²) in [5, 5.41) is -0.0626. The van der Waals surface area contributed by atoms with Crippen molar-refractivity contribution in [3.05, 3.63) is 78.2 Å². The van der Waals surface area contributed by atoms with Crippen molar-refractivity contribution in [3.8, 4) is 0 Å². The average Bonchev–Trinajstić information content (AvgIpc) is 3.50. The molecular weight excluding hydrogens is 514 g/mol. The first kappa shape index (κ1) is 27.1. The van der Waals surface area contributed by atoms with Gasteiger partial charge in [0.2, 0.25) is 0 Å². The van der Waals surface area contributed by atoms with Gasteiger partial charge in [0.15, 0.2) is 10.8 Å². The number of esters is 1. The number of aromatic nitrogens is 2. The summed E-state index contributed by atoms with van der Waals surface area (Å²) in [5.41, 5.74) is 1.20. The zero-order valence-corrected chi connectivity index (χ0v) is 23.2. The predicted octanol–water partition coefficient (Wildman–Crippen LogP) is 4.85. The summed E-state index contributed by atoms with van der Waals surface area (Å²) >= 11 is 0. The molecule has 3 aromatic rings. The molecule has 0 bridgehead atoms. The SMILES string of the molecule is CCCC1(CCc2ccccc2)CC(=O)C(C2(Cc3cccc(NS(=O)(=O)c4cn(C)cn4)c3)CC2)C(=O)O1. The summed E-state index contributed by atoms with van der Waals surface area (Å²) in [6.45, 7) is 2.05. The Labute approximate surface area is 229 Å². The molecule has 39 heavy (non-hydrogen) atoms. The number of cyclic esters (lactones) is 1. The summed E-state index contributed by atoms with van der Waals surface area (Å²) in [5.74, 6) is -1.22. The Hall–Kier alpha value is -3.46. The fourth-order valence-electron chi connectivity index (χ4n) is 5.94. The monoisotopic (exact) mass is 549 g/mol. The minimum atomic E-state index is -3.83. The summed E-state index contributed by atoms with van der Waals surface area (Å²) in [4.78, 5) is 31.0. The molecule has 1 aromatic heterocycles. The topological polar surface area (TPSA) is 107 Å². The highest BCUT2D eigenvalue weighted by atomic mass is 32.2. The molecule has 1 N–H and O–H groups in total. The molecule has 2 aromatic carbocycles. The molecule has 1 saturated heterocycles. The number of aryl methyl sites for hydroxylation is 2. The average molecular weight is 550 g/mol. The Morgan fingerprint density at radius 1 is 1.05 bits per heavy atom. The zero-order valence-electron chi connectivity index (χ0n) is 22.4. The van der Waals surface area contributed by atoms with Crippen molar-refractivity contribution in [1.29, 1.82) is 0 Å². The number of Topliss-reactive ketones (excluding diaryl/α,β-unsaturated/α-hetero) is 1. The van der Waals surface area contributed by atoms with Crippen molar-refractivity contribution in [1.82, 2.24) is 9.55 Å². The van der Waals surface area contributed by atoms with Crippen LogP contribution >= 0.6 is 0 Å². The summed E-state index contributed by atoms with van der Waals surface area (Å²) < 4.78 is 35.8. The van der Waals surface area contributed by atoms with Gasteiger partial charge in [-0.3, -0.25) is 14.3 Å². The molecule has 2 fully saturated rings. The Balaban J connectivity index is 1.29. The van der Waals surface area contributed by atoms with E-state index in [9.17, 15) is 18.0 Å². The third kappa shape index (κ3) is 5.93. The van der Waals surface area contributed by atoms with Crippen molar-refractivity contribution in [2.45, 2.75) is 68.9 Å². The molecule has 206 valence electrons. The van der Waals surface area contributed by atoms with Gasteiger partial charge in [0.05, 0.1) is 6.33 Å². The molecule has 0 radical (unpaired) electrons. The quantitative estimate of drug-likeness (QED) is 0.271. The van der Waals surface area contributed by atoms with Crippen LogP contribution in [-0.4, -0.2) is 35.3 Å². The number of rotatable bonds is 11. The number of carbonyl (C=O) groups excluding carboxylic acids is 2. The minimum absolute atomic E-state index is 0.0303. The van der Waals surface area contributed by atoms with Gasteiger partial charge in [-0.15, -0.1) is 0 Å². The first-order valence-corrected chi connectivity index (χ1v) is 15.0. The van der Waals surface area contributed by atoms with Crippen LogP contribution in [0.15, 0.2) is 72.1 Å². The van der Waals surface area contributed by atoms with Gasteiger partial charge in [0, 0.05) is 25.4 Å². The van der Waals surface area contributed by atoms with Crippen molar-refractivity contribution >= 4 is 27.5 Å². The molecule has 2 aliphatic rings. The van der Waals surface area contributed by atoms with Gasteiger partial charge >= 0.3 is 5.97 Å². The minimum Gasteiger partial charge on any atom is -0.458 e. The third-order valence-corrected chi connectivity index (χ3v) is 9.25. The van der Waals surface area contributed by atoms with E-state index >= 15 is 0 Å². The Morgan fingerprint density at radius 3 is 2.44 bits per heavy atom. The molecule has 2 heterocycles. The van der Waals surface area contributed by atoms with E-state index in [1.54, 1.807) is 29.8 Å². The molecule has 1 aliphatic heterocycles. The first-order chi connectivity index (χ1) is 18.6. The van der Waals surface area contributed by atoms with Gasteiger partial charge in [-0.1, -0.05) is 55.8 Å². The van der Waals surface area contributed by atoms with Gasteiger partial charge in [-0.05, 0) is 67.2 Å². The van der Waals surface area contributed by atoms with Crippen molar-refractivity contribution < 1.29 is 22.7 Å². The van der Waals surface area contributed by atoms with Crippen LogP contribution in [0, 0.1) is 11.3 Å². The molecule has 9 heteroatoms. The number of nitrogens with zero attached hydrogens (tertiary/aromatic N) is 2. The number of ketones is 1. The maximum absolute atomic E-state index is 13.6. The maximum atomic E-state index is 13.6. The van der Waals surface area contributed by atoms with Gasteiger partial charge < -0.3 is 9.30 Å². The molecule has 0 amide bonds. The van der Waals surface area contributed by atoms with Gasteiger partial charge in [-0.2, -0.15) is 8.42 Å². The second-order valence-electron chi connectivity index (χ2n) is 11.1. The van der Waals surface area contributed by atoms with Gasteiger partial charge in [0.25, 0.3) is 10.0 Å². The van der Waals surface area contributed by atoms with E-state index < -0.39 is 32.9 Å². The number of carbonyl (C=O) groups is 2. The van der Waals surface area contributed by atoms with Crippen LogP contribution in [-0.2, 0) is 44.2 Å². The Morgan fingerprint density at radius 2 is 1.79 bits per heavy atom. The fraction of sp³-hybridized carbons (Fsp3) is 0.433. The van der Waals surface area contributed by atoms with Crippen LogP contribution < -0.4 is 4.72 Å². The number of nitrogens with one attached hydrogen (secondary N) is 1. The van der Waals surface area contributed by atoms with Crippen LogP contribution in [0.2, 0.25) is 0 Å². The summed E-state index contributed by atoms with van der Waals surface area (Å²) in [6, 6.07) is 17.2. The summed E-state index contributed by atoms with van der Waals surface area (Å²) in [7, 11) is -2.13. The lowest BCUT2D eigenvalue weighted by molar-refractivity contribution is -0.182. The van der Waals surface area contributed by atoms with Crippen molar-refractivity contribution in [2.75, 3.05) is 4.72 Å². The van der Waals surface area contributed by atoms with E-state index in [1.807, 2.05) is 31.2 Å². The normalized spacial score (nSPS) is 22.4. The number of benzene rings is 2. The van der Waals surface area contributed by atoms with E-state index in [0.717, 1.165) is 36.8 Å². The van der Waals surface area contributed by atoms with Crippen LogP contribution in [0.3, 0.4) is 0 Å². The molecule has 0 spiro atoms. The largest absolute Gasteiger partial charge is 0.458 e. The number of imidazole rings is 1. The molecule has 8 nitrogen and oxygen atoms in total. The lowest BCUT2D eigenvalue weighted by Gasteiger charge is -2.41. The van der Waals surface area contributed by atoms with Crippen molar-refractivity contribution in [3.63, 3.8) is 0 Å². The standard InChI is InChI=1S/C30H35N3O5S/c1-3-13-30(14-12-22-8-5-4-6-9-22)19-25(34)27(28(35)38-30)29(15-16-29)18-23-10-7-11-24(17-23)32-39(36,37)26-20-33(2)21-31-26/h4-11,17,20-21,27,32H,3,12-16,18-19H2,1-2H3. The highest BCUT2D eigenvalue weighted by Crippen LogP contribution is 2.57. The Bertz CT molecular complexity index is 1440. The first-order valence-electron chi connectivity index (χ1n) is 13.5. The number of hydrogen-bond donors (Lipinski definition) is 1. The number of hydrogen-bond acceptors (Lipinski definition) is 6. The maximum Gasteiger partial charge on any atom is 0.317 e. The van der Waals surface area contributed by atoms with E-state index in [-0.39, 0.29) is 17.2 Å². The molecule has 2 atom stereocenters. The predicted molar refractivity (Wildman–Crippen MR) is 147 cm³/mol. The van der Waals surface area contributed by atoms with E-state index in [0.29, 0.717) is 24.9 Å². The third-order valence-electron chi connectivity index (χ3n) is 7.99. The van der Waals surface area contributed by atoms with Crippen LogP contribution in [0.1, 0.15) is 56.6 Å². The molecule has 2 unspecified atom stereocenters. The van der Waals surface area contributed by atoms with Crippen molar-refractivity contribution in [2.24, 2.45) is 18.4 Å². The van der Waals surface area contributed by atoms with E-state index in [2.05, 4.69) is 21.8 Å². The Kier molecular flexibility index (Phi) is 7.37. The van der Waals surface area contributed by atoms with Crippen LogP contribution in [0.4, 0.5) is 5.69 Å². The van der Waals surface area contributed by atoms with Gasteiger partial charge in [-0.25, -0.2) is 4.98 Å². The molecule has 1 aliphatic carbocycles. The summed E-state index contributed by atoms with van der Waals surface area (Å²) in [6.07, 6.45) is 7.99. The lowest BCUT2D eigenvalue weighted by atomic mass is 9.73. The lowest BCUT2D eigenvalue weighted by Crippen LogP contribution is -2.50. The molecular formula is C30H35N3O5S. The highest BCUT2D eigenvalue weighted by molar-refractivity contribution is 7.92. The highest BCUT2D eigenvalue weighted by Gasteiger charge is 2.60. The molecule has 5 rings (SSSR count). The fourth-order valence-corrected chi connectivity index (χ4v) is 6.97. The molecule has 1 saturated carbocycles. The second kappa shape index (κ2) is 10.6. The number of anilines is 1.